The van der Waals surface area contributed by atoms with Gasteiger partial charge in [-0.2, -0.15) is 0 Å². The van der Waals surface area contributed by atoms with E-state index in [1.54, 1.807) is 13.1 Å². The second-order valence-electron chi connectivity index (χ2n) is 3.10. The maximum atomic E-state index is 11.2. The van der Waals surface area contributed by atoms with Crippen molar-refractivity contribution in [2.45, 2.75) is 40.5 Å². The Bertz CT molecular complexity index is 329. The van der Waals surface area contributed by atoms with Crippen molar-refractivity contribution in [1.82, 2.24) is 9.97 Å². The molecule has 1 heterocycles. The summed E-state index contributed by atoms with van der Waals surface area (Å²) in [7, 11) is 0. The van der Waals surface area contributed by atoms with Crippen LogP contribution in [0.3, 0.4) is 0 Å². The summed E-state index contributed by atoms with van der Waals surface area (Å²) in [4.78, 5) is 19.2. The third-order valence-corrected chi connectivity index (χ3v) is 1.83. The molecule has 1 rings (SSSR count). The summed E-state index contributed by atoms with van der Waals surface area (Å²) in [5.41, 5.74) is 0.671. The minimum absolute atomic E-state index is 0.432. The van der Waals surface area contributed by atoms with Crippen molar-refractivity contribution in [2.24, 2.45) is 0 Å². The lowest BCUT2D eigenvalue weighted by Gasteiger charge is -2.06. The molecule has 0 saturated heterocycles. The zero-order valence-corrected chi connectivity index (χ0v) is 11.0. The van der Waals surface area contributed by atoms with Crippen LogP contribution in [0.5, 0.6) is 0 Å². The van der Waals surface area contributed by atoms with E-state index in [1.165, 1.54) is 6.20 Å². The van der Waals surface area contributed by atoms with Gasteiger partial charge in [-0.3, -0.25) is 10.3 Å². The van der Waals surface area contributed by atoms with Gasteiger partial charge in [0.25, 0.3) is 0 Å². The van der Waals surface area contributed by atoms with E-state index in [-0.39, 0.29) is 0 Å². The number of nitrogens with zero attached hydrogens (tertiary/aromatic N) is 2. The number of carbonyl (C=O) groups excluding carboxylic acids is 1. The second-order valence-corrected chi connectivity index (χ2v) is 3.10. The number of hydrogen-bond acceptors (Lipinski definition) is 4. The Morgan fingerprint density at radius 3 is 2.59 bits per heavy atom. The van der Waals surface area contributed by atoms with Crippen LogP contribution in [0.2, 0.25) is 0 Å². The quantitative estimate of drug-likeness (QED) is 0.820. The molecule has 17 heavy (non-hydrogen) atoms. The van der Waals surface area contributed by atoms with Gasteiger partial charge in [0.2, 0.25) is 0 Å². The lowest BCUT2D eigenvalue weighted by molar-refractivity contribution is 0.159. The number of aromatic nitrogens is 2. The number of hydrogen-bond donors (Lipinski definition) is 1. The molecule has 5 nitrogen and oxygen atoms in total. The van der Waals surface area contributed by atoms with Gasteiger partial charge in [-0.25, -0.2) is 9.78 Å². The highest BCUT2D eigenvalue weighted by Gasteiger charge is 2.06. The highest BCUT2D eigenvalue weighted by molar-refractivity contribution is 5.83. The fraction of sp³-hybridized carbons (Fsp3) is 0.583. The lowest BCUT2D eigenvalue weighted by Crippen LogP contribution is -2.16. The van der Waals surface area contributed by atoms with Crippen molar-refractivity contribution >= 4 is 11.9 Å². The molecule has 5 heteroatoms. The maximum absolute atomic E-state index is 11.2. The van der Waals surface area contributed by atoms with Crippen LogP contribution in [0.15, 0.2) is 12.4 Å². The molecule has 0 atom stereocenters. The van der Waals surface area contributed by atoms with E-state index < -0.39 is 6.09 Å². The van der Waals surface area contributed by atoms with E-state index in [9.17, 15) is 4.79 Å². The van der Waals surface area contributed by atoms with Crippen LogP contribution in [-0.4, -0.2) is 22.7 Å². The molecule has 0 aromatic carbocycles. The fourth-order valence-electron chi connectivity index (χ4n) is 0.972. The molecule has 0 radical (unpaired) electrons. The molecule has 0 aliphatic rings. The van der Waals surface area contributed by atoms with Gasteiger partial charge in [-0.05, 0) is 13.3 Å². The Morgan fingerprint density at radius 2 is 2.00 bits per heavy atom. The molecule has 0 fully saturated rings. The second kappa shape index (κ2) is 9.57. The number of amides is 1. The molecule has 96 valence electrons. The molecule has 1 N–H and O–H groups in total. The summed E-state index contributed by atoms with van der Waals surface area (Å²) >= 11 is 0. The minimum Gasteiger partial charge on any atom is -0.449 e. The van der Waals surface area contributed by atoms with Crippen LogP contribution >= 0.6 is 0 Å². The molecule has 0 spiro atoms. The molecule has 0 unspecified atom stereocenters. The van der Waals surface area contributed by atoms with Gasteiger partial charge < -0.3 is 4.74 Å². The maximum Gasteiger partial charge on any atom is 0.412 e. The van der Waals surface area contributed by atoms with Crippen LogP contribution in [0.25, 0.3) is 0 Å². The molecule has 0 aliphatic carbocycles. The van der Waals surface area contributed by atoms with Crippen LogP contribution in [0, 0.1) is 6.92 Å². The Kier molecular flexibility index (Phi) is 8.64. The topological polar surface area (TPSA) is 64.1 Å². The van der Waals surface area contributed by atoms with Crippen LogP contribution in [0.1, 0.15) is 39.3 Å². The van der Waals surface area contributed by atoms with Crippen molar-refractivity contribution in [2.75, 3.05) is 11.9 Å². The van der Waals surface area contributed by atoms with E-state index in [2.05, 4.69) is 15.3 Å². The monoisotopic (exact) mass is 239 g/mol. The molecular formula is C12H21N3O2. The van der Waals surface area contributed by atoms with E-state index in [1.807, 2.05) is 20.8 Å². The first-order valence-corrected chi connectivity index (χ1v) is 5.95. The predicted octanol–water partition coefficient (Wildman–Crippen LogP) is 3.16. The van der Waals surface area contributed by atoms with Gasteiger partial charge in [0, 0.05) is 12.4 Å². The van der Waals surface area contributed by atoms with Gasteiger partial charge in [0.05, 0.1) is 12.3 Å². The lowest BCUT2D eigenvalue weighted by atomic mass is 10.4. The number of nitrogens with one attached hydrogen (secondary N) is 1. The SMILES string of the molecule is CC.CCCCOC(=O)Nc1nccnc1C. The fourth-order valence-corrected chi connectivity index (χ4v) is 0.972. The van der Waals surface area contributed by atoms with Crippen molar-refractivity contribution in [3.8, 4) is 0 Å². The number of unbranched alkanes of at least 4 members (excludes halogenated alkanes) is 1. The average Bonchev–Trinajstić information content (AvgIpc) is 2.35. The molecular weight excluding hydrogens is 218 g/mol. The smallest absolute Gasteiger partial charge is 0.412 e. The first-order chi connectivity index (χ1) is 8.24. The standard InChI is InChI=1S/C10H15N3O2.C2H6/c1-3-4-7-15-10(14)13-9-8(2)11-5-6-12-9;1-2/h5-6H,3-4,7H2,1-2H3,(H,12,13,14);1-2H3. The van der Waals surface area contributed by atoms with E-state index in [0.29, 0.717) is 18.1 Å². The van der Waals surface area contributed by atoms with E-state index in [4.69, 9.17) is 4.74 Å². The molecule has 1 aromatic heterocycles. The van der Waals surface area contributed by atoms with Crippen molar-refractivity contribution in [1.29, 1.82) is 0 Å². The van der Waals surface area contributed by atoms with Crippen molar-refractivity contribution in [3.63, 3.8) is 0 Å². The van der Waals surface area contributed by atoms with Gasteiger partial charge in [-0.15, -0.1) is 0 Å². The Balaban J connectivity index is 0.00000121. The first-order valence-electron chi connectivity index (χ1n) is 5.95. The van der Waals surface area contributed by atoms with Gasteiger partial charge in [0.15, 0.2) is 5.82 Å². The largest absolute Gasteiger partial charge is 0.449 e. The zero-order chi connectivity index (χ0) is 13.1. The number of anilines is 1. The number of ether oxygens (including phenoxy) is 1. The molecule has 1 aromatic rings. The summed E-state index contributed by atoms with van der Waals surface area (Å²) in [6, 6.07) is 0. The number of rotatable bonds is 4. The van der Waals surface area contributed by atoms with Crippen LogP contribution < -0.4 is 5.32 Å². The number of aryl methyl sites for hydroxylation is 1. The Labute approximate surface area is 103 Å². The molecule has 1 amide bonds. The van der Waals surface area contributed by atoms with Crippen LogP contribution in [-0.2, 0) is 4.74 Å². The third-order valence-electron chi connectivity index (χ3n) is 1.83. The highest BCUT2D eigenvalue weighted by atomic mass is 16.5. The summed E-state index contributed by atoms with van der Waals surface area (Å²) in [6.45, 7) is 8.24. The zero-order valence-electron chi connectivity index (χ0n) is 11.0. The van der Waals surface area contributed by atoms with Crippen LogP contribution in [0.4, 0.5) is 10.6 Å². The minimum atomic E-state index is -0.480. The van der Waals surface area contributed by atoms with E-state index >= 15 is 0 Å². The average molecular weight is 239 g/mol. The molecule has 0 saturated carbocycles. The van der Waals surface area contributed by atoms with Crippen molar-refractivity contribution < 1.29 is 9.53 Å². The molecule has 0 aliphatic heterocycles. The third kappa shape index (κ3) is 6.50. The normalized spacial score (nSPS) is 8.94. The predicted molar refractivity (Wildman–Crippen MR) is 68.0 cm³/mol. The van der Waals surface area contributed by atoms with Crippen molar-refractivity contribution in [3.05, 3.63) is 18.1 Å². The van der Waals surface area contributed by atoms with Gasteiger partial charge in [0.1, 0.15) is 0 Å². The van der Waals surface area contributed by atoms with Gasteiger partial charge >= 0.3 is 6.09 Å². The Morgan fingerprint density at radius 1 is 1.35 bits per heavy atom. The summed E-state index contributed by atoms with van der Waals surface area (Å²) in [5.74, 6) is 0.444. The van der Waals surface area contributed by atoms with E-state index in [0.717, 1.165) is 12.8 Å². The van der Waals surface area contributed by atoms with Gasteiger partial charge in [-0.1, -0.05) is 27.2 Å². The summed E-state index contributed by atoms with van der Waals surface area (Å²) in [6.07, 6.45) is 4.48. The molecule has 0 bridgehead atoms. The Hall–Kier alpha value is -1.65. The number of carbonyl (C=O) groups is 1. The highest BCUT2D eigenvalue weighted by Crippen LogP contribution is 2.06. The summed E-state index contributed by atoms with van der Waals surface area (Å²) in [5, 5.41) is 2.53. The summed E-state index contributed by atoms with van der Waals surface area (Å²) < 4.78 is 4.92. The first kappa shape index (κ1) is 15.3.